The number of nitrogens with zero attached hydrogens (tertiary/aromatic N) is 4. The number of amides is 2. The molecule has 1 N–H and O–H groups in total. The third-order valence-corrected chi connectivity index (χ3v) is 5.90. The van der Waals surface area contributed by atoms with Crippen molar-refractivity contribution in [2.45, 2.75) is 25.7 Å². The second-order valence-corrected chi connectivity index (χ2v) is 8.58. The van der Waals surface area contributed by atoms with Crippen LogP contribution in [0.2, 0.25) is 0 Å². The third-order valence-electron chi connectivity index (χ3n) is 5.90. The second kappa shape index (κ2) is 9.76. The Morgan fingerprint density at radius 2 is 2.05 bits per heavy atom. The predicted octanol–water partition coefficient (Wildman–Crippen LogP) is 2.90. The average molecular weight is 511 g/mol. The quantitative estimate of drug-likeness (QED) is 0.378. The molecule has 192 valence electrons. The first kappa shape index (κ1) is 24.0. The summed E-state index contributed by atoms with van der Waals surface area (Å²) >= 11 is 0. The number of carbonyl (C=O) groups is 2. The summed E-state index contributed by atoms with van der Waals surface area (Å²) in [6, 6.07) is 11.5. The second-order valence-electron chi connectivity index (χ2n) is 8.58. The Morgan fingerprint density at radius 3 is 2.76 bits per heavy atom. The molecule has 13 heteroatoms. The van der Waals surface area contributed by atoms with Gasteiger partial charge in [0.05, 0.1) is 25.3 Å². The van der Waals surface area contributed by atoms with Crippen molar-refractivity contribution in [2.75, 3.05) is 24.6 Å². The van der Waals surface area contributed by atoms with Crippen molar-refractivity contribution >= 4 is 23.5 Å². The van der Waals surface area contributed by atoms with Gasteiger partial charge in [-0.3, -0.25) is 14.3 Å². The molecule has 0 bridgehead atoms. The van der Waals surface area contributed by atoms with E-state index in [2.05, 4.69) is 10.3 Å². The molecule has 3 heterocycles. The summed E-state index contributed by atoms with van der Waals surface area (Å²) in [7, 11) is 0. The van der Waals surface area contributed by atoms with E-state index >= 15 is 0 Å². The van der Waals surface area contributed by atoms with Crippen LogP contribution in [0.5, 0.6) is 11.8 Å². The maximum atomic E-state index is 15.0. The Morgan fingerprint density at radius 1 is 1.27 bits per heavy atom. The summed E-state index contributed by atoms with van der Waals surface area (Å²) in [5.74, 6) is -0.511. The highest BCUT2D eigenvalue weighted by molar-refractivity contribution is 5.90. The van der Waals surface area contributed by atoms with Crippen molar-refractivity contribution in [3.05, 3.63) is 64.6 Å². The molecule has 0 saturated carbocycles. The van der Waals surface area contributed by atoms with Gasteiger partial charge in [-0.2, -0.15) is 0 Å². The van der Waals surface area contributed by atoms with Crippen molar-refractivity contribution in [1.82, 2.24) is 14.9 Å². The van der Waals surface area contributed by atoms with Crippen LogP contribution in [-0.4, -0.2) is 58.4 Å². The van der Waals surface area contributed by atoms with E-state index in [0.29, 0.717) is 29.1 Å². The number of carbonyl (C=O) groups excluding carboxylic acids is 2. The van der Waals surface area contributed by atoms with Crippen LogP contribution < -0.4 is 19.7 Å². The highest BCUT2D eigenvalue weighted by Crippen LogP contribution is 2.31. The molecule has 12 nitrogen and oxygen atoms in total. The molecule has 2 atom stereocenters. The summed E-state index contributed by atoms with van der Waals surface area (Å²) in [6.07, 6.45) is -0.214. The van der Waals surface area contributed by atoms with Crippen LogP contribution in [0.3, 0.4) is 0 Å². The number of aromatic nitrogens is 2. The first-order valence-corrected chi connectivity index (χ1v) is 11.4. The molecule has 2 aliphatic rings. The number of imidazole rings is 1. The van der Waals surface area contributed by atoms with Crippen LogP contribution >= 0.6 is 0 Å². The molecule has 0 spiro atoms. The molecular weight excluding hydrogens is 489 g/mol. The lowest BCUT2D eigenvalue weighted by Crippen LogP contribution is -2.34. The minimum Gasteiger partial charge on any atom is -0.485 e. The van der Waals surface area contributed by atoms with Gasteiger partial charge in [0.15, 0.2) is 6.10 Å². The monoisotopic (exact) mass is 511 g/mol. The molecule has 0 unspecified atom stereocenters. The molecule has 2 aliphatic heterocycles. The summed E-state index contributed by atoms with van der Waals surface area (Å²) < 4.78 is 33.1. The largest absolute Gasteiger partial charge is 0.485 e. The Labute approximate surface area is 209 Å². The average Bonchev–Trinajstić information content (AvgIpc) is 3.46. The van der Waals surface area contributed by atoms with E-state index in [1.54, 1.807) is 36.4 Å². The molecule has 5 rings (SSSR count). The SMILES string of the molecule is CC(=O)NC[C@H]1CN(c2ccc(-c3ccc(O[C@@H]4COc5nc([N+](=O)[O-])cn5C4)cc3)c(F)c2)C(=O)O1. The highest BCUT2D eigenvalue weighted by atomic mass is 19.1. The van der Waals surface area contributed by atoms with E-state index < -0.39 is 29.0 Å². The van der Waals surface area contributed by atoms with Gasteiger partial charge in [0, 0.05) is 17.5 Å². The number of nitrogens with one attached hydrogen (secondary N) is 1. The number of hydrogen-bond acceptors (Lipinski definition) is 8. The molecule has 0 aliphatic carbocycles. The lowest BCUT2D eigenvalue weighted by atomic mass is 10.0. The lowest BCUT2D eigenvalue weighted by Gasteiger charge is -2.23. The number of halogens is 1. The molecule has 3 aromatic rings. The molecule has 1 fully saturated rings. The van der Waals surface area contributed by atoms with Gasteiger partial charge in [-0.05, 0) is 40.8 Å². The first-order valence-electron chi connectivity index (χ1n) is 11.4. The van der Waals surface area contributed by atoms with Crippen molar-refractivity contribution in [2.24, 2.45) is 0 Å². The fourth-order valence-corrected chi connectivity index (χ4v) is 4.14. The Balaban J connectivity index is 1.23. The van der Waals surface area contributed by atoms with E-state index in [1.807, 2.05) is 0 Å². The van der Waals surface area contributed by atoms with E-state index in [1.165, 1.54) is 28.7 Å². The van der Waals surface area contributed by atoms with E-state index in [4.69, 9.17) is 14.2 Å². The summed E-state index contributed by atoms with van der Waals surface area (Å²) in [5.41, 5.74) is 1.30. The molecule has 37 heavy (non-hydrogen) atoms. The fourth-order valence-electron chi connectivity index (χ4n) is 4.14. The van der Waals surface area contributed by atoms with Gasteiger partial charge in [0.2, 0.25) is 5.91 Å². The molecule has 0 radical (unpaired) electrons. The van der Waals surface area contributed by atoms with Gasteiger partial charge in [-0.15, -0.1) is 0 Å². The Kier molecular flexibility index (Phi) is 6.34. The minimum atomic E-state index is -0.604. The number of benzene rings is 2. The standard InChI is InChI=1S/C24H22FN5O7/c1-14(31)26-9-18-11-29(24(32)37-18)16-4-7-20(21(25)8-16)15-2-5-17(6-3-15)36-19-10-28-12-22(30(33)34)27-23(28)35-13-19/h2-8,12,18-19H,9-11,13H2,1H3,(H,26,31)/t18-,19-/m0/s1. The van der Waals surface area contributed by atoms with Crippen LogP contribution in [0.1, 0.15) is 6.92 Å². The summed E-state index contributed by atoms with van der Waals surface area (Å²) in [6.45, 7) is 2.26. The van der Waals surface area contributed by atoms with Crippen LogP contribution in [0.25, 0.3) is 11.1 Å². The van der Waals surface area contributed by atoms with Gasteiger partial charge >= 0.3 is 17.9 Å². The maximum Gasteiger partial charge on any atom is 0.414 e. The Bertz CT molecular complexity index is 1360. The summed E-state index contributed by atoms with van der Waals surface area (Å²) in [4.78, 5) is 38.7. The van der Waals surface area contributed by atoms with Crippen molar-refractivity contribution < 1.29 is 33.1 Å². The van der Waals surface area contributed by atoms with Gasteiger partial charge in [-0.1, -0.05) is 12.1 Å². The van der Waals surface area contributed by atoms with Gasteiger partial charge < -0.3 is 29.6 Å². The van der Waals surface area contributed by atoms with Crippen LogP contribution in [0, 0.1) is 15.9 Å². The third kappa shape index (κ3) is 5.15. The number of fused-ring (bicyclic) bond motifs is 1. The zero-order chi connectivity index (χ0) is 26.1. The first-order chi connectivity index (χ1) is 17.8. The van der Waals surface area contributed by atoms with E-state index in [-0.39, 0.29) is 37.4 Å². The summed E-state index contributed by atoms with van der Waals surface area (Å²) in [5, 5.41) is 13.5. The maximum absolute atomic E-state index is 15.0. The topological polar surface area (TPSA) is 138 Å². The number of hydrogen-bond donors (Lipinski definition) is 1. The van der Waals surface area contributed by atoms with Crippen molar-refractivity contribution in [3.8, 4) is 22.9 Å². The lowest BCUT2D eigenvalue weighted by molar-refractivity contribution is -0.389. The zero-order valence-corrected chi connectivity index (χ0v) is 19.6. The van der Waals surface area contributed by atoms with E-state index in [0.717, 1.165) is 0 Å². The van der Waals surface area contributed by atoms with Crippen molar-refractivity contribution in [3.63, 3.8) is 0 Å². The minimum absolute atomic E-state index is 0.172. The van der Waals surface area contributed by atoms with Crippen molar-refractivity contribution in [1.29, 1.82) is 0 Å². The normalized spacial score (nSPS) is 18.5. The fraction of sp³-hybridized carbons (Fsp3) is 0.292. The van der Waals surface area contributed by atoms with Gasteiger partial charge in [0.25, 0.3) is 0 Å². The van der Waals surface area contributed by atoms with Gasteiger partial charge in [-0.25, -0.2) is 9.18 Å². The van der Waals surface area contributed by atoms with E-state index in [9.17, 15) is 24.1 Å². The number of anilines is 1. The number of nitro groups is 1. The smallest absolute Gasteiger partial charge is 0.414 e. The number of rotatable bonds is 7. The van der Waals surface area contributed by atoms with Gasteiger partial charge in [0.1, 0.15) is 30.5 Å². The molecular formula is C24H22FN5O7. The Hall–Kier alpha value is -4.68. The molecule has 1 saturated heterocycles. The number of ether oxygens (including phenoxy) is 3. The predicted molar refractivity (Wildman–Crippen MR) is 127 cm³/mol. The zero-order valence-electron chi connectivity index (χ0n) is 19.6. The molecule has 2 aromatic carbocycles. The molecule has 2 amide bonds. The van der Waals surface area contributed by atoms with Crippen LogP contribution in [0.4, 0.5) is 20.7 Å². The highest BCUT2D eigenvalue weighted by Gasteiger charge is 2.33. The number of cyclic esters (lactones) is 1. The van der Waals surface area contributed by atoms with Crippen LogP contribution in [-0.2, 0) is 16.1 Å². The van der Waals surface area contributed by atoms with Crippen LogP contribution in [0.15, 0.2) is 48.7 Å². The molecule has 1 aromatic heterocycles.